The normalized spacial score (nSPS) is 19.1. The van der Waals surface area contributed by atoms with Gasteiger partial charge in [-0.05, 0) is 59.2 Å². The van der Waals surface area contributed by atoms with Gasteiger partial charge in [-0.3, -0.25) is 14.6 Å². The summed E-state index contributed by atoms with van der Waals surface area (Å²) in [5.41, 5.74) is 2.84. The second kappa shape index (κ2) is 7.85. The van der Waals surface area contributed by atoms with Gasteiger partial charge < -0.3 is 19.8 Å². The van der Waals surface area contributed by atoms with Crippen molar-refractivity contribution in [2.24, 2.45) is 0 Å². The molecule has 7 nitrogen and oxygen atoms in total. The Morgan fingerprint density at radius 3 is 2.56 bits per heavy atom. The molecule has 5 rings (SSSR count). The SMILES string of the molecule is O=C1C(=O)N(Cc2ccncc2)C(c2ccc(O)cc2)/C1=C(/O)c1ccc2c(c1)CCO2. The topological polar surface area (TPSA) is 100.0 Å². The first kappa shape index (κ1) is 19.8. The van der Waals surface area contributed by atoms with E-state index in [1.165, 1.54) is 17.0 Å². The Hall–Kier alpha value is -4.13. The Bertz CT molecular complexity index is 1230. The number of hydrogen-bond acceptors (Lipinski definition) is 6. The number of carbonyl (C=O) groups excluding carboxylic acids is 2. The van der Waals surface area contributed by atoms with Crippen molar-refractivity contribution in [3.05, 3.63) is 94.8 Å². The van der Waals surface area contributed by atoms with Crippen molar-refractivity contribution in [2.75, 3.05) is 6.61 Å². The maximum Gasteiger partial charge on any atom is 0.295 e. The number of nitrogens with zero attached hydrogens (tertiary/aromatic N) is 2. The Balaban J connectivity index is 1.64. The third-order valence-corrected chi connectivity index (χ3v) is 5.81. The number of aliphatic hydroxyl groups excluding tert-OH is 1. The molecule has 0 radical (unpaired) electrons. The molecule has 2 N–H and O–H groups in total. The van der Waals surface area contributed by atoms with Crippen LogP contribution in [0.1, 0.15) is 28.3 Å². The Kier molecular flexibility index (Phi) is 4.86. The fourth-order valence-corrected chi connectivity index (χ4v) is 4.22. The lowest BCUT2D eigenvalue weighted by Gasteiger charge is -2.25. The summed E-state index contributed by atoms with van der Waals surface area (Å²) in [6, 6.07) is 14.3. The van der Waals surface area contributed by atoms with Crippen LogP contribution in [0, 0.1) is 0 Å². The van der Waals surface area contributed by atoms with Crippen molar-refractivity contribution >= 4 is 17.4 Å². The fourth-order valence-electron chi connectivity index (χ4n) is 4.22. The molecule has 1 fully saturated rings. The highest BCUT2D eigenvalue weighted by Crippen LogP contribution is 2.41. The van der Waals surface area contributed by atoms with Crippen molar-refractivity contribution < 1.29 is 24.5 Å². The van der Waals surface area contributed by atoms with Crippen LogP contribution in [0.15, 0.2) is 72.6 Å². The molecule has 2 aliphatic rings. The van der Waals surface area contributed by atoms with Crippen LogP contribution in [0.4, 0.5) is 0 Å². The number of carbonyl (C=O) groups is 2. The molecule has 2 aliphatic heterocycles. The van der Waals surface area contributed by atoms with E-state index in [1.54, 1.807) is 54.9 Å². The van der Waals surface area contributed by atoms with Crippen molar-refractivity contribution in [3.8, 4) is 11.5 Å². The predicted octanol–water partition coefficient (Wildman–Crippen LogP) is 3.34. The standard InChI is InChI=1S/C25H20N2O5/c28-19-4-1-16(2-5-19)22-21(23(29)18-3-6-20-17(13-18)9-12-32-20)24(30)25(31)27(22)14-15-7-10-26-11-8-15/h1-8,10-11,13,22,28-29H,9,12,14H2/b23-21-. The number of ether oxygens (including phenoxy) is 1. The number of fused-ring (bicyclic) bond motifs is 1. The number of aromatic nitrogens is 1. The highest BCUT2D eigenvalue weighted by molar-refractivity contribution is 6.46. The minimum atomic E-state index is -0.798. The van der Waals surface area contributed by atoms with Gasteiger partial charge in [0.05, 0.1) is 18.2 Å². The summed E-state index contributed by atoms with van der Waals surface area (Å²) in [6.07, 6.45) is 3.95. The minimum absolute atomic E-state index is 0.0219. The zero-order valence-electron chi connectivity index (χ0n) is 17.1. The van der Waals surface area contributed by atoms with Gasteiger partial charge in [-0.15, -0.1) is 0 Å². The smallest absolute Gasteiger partial charge is 0.295 e. The van der Waals surface area contributed by atoms with Gasteiger partial charge in [0.1, 0.15) is 17.3 Å². The maximum absolute atomic E-state index is 13.1. The summed E-state index contributed by atoms with van der Waals surface area (Å²) in [5, 5.41) is 20.9. The quantitative estimate of drug-likeness (QED) is 0.376. The van der Waals surface area contributed by atoms with Crippen molar-refractivity contribution in [1.82, 2.24) is 9.88 Å². The first-order chi connectivity index (χ1) is 15.5. The Morgan fingerprint density at radius 1 is 1.06 bits per heavy atom. The van der Waals surface area contributed by atoms with Crippen LogP contribution in [-0.2, 0) is 22.6 Å². The van der Waals surface area contributed by atoms with Gasteiger partial charge in [0.15, 0.2) is 0 Å². The van der Waals surface area contributed by atoms with Gasteiger partial charge in [-0.25, -0.2) is 0 Å². The van der Waals surface area contributed by atoms with Gasteiger partial charge in [0.2, 0.25) is 0 Å². The molecule has 32 heavy (non-hydrogen) atoms. The van der Waals surface area contributed by atoms with Crippen LogP contribution in [0.2, 0.25) is 0 Å². The molecule has 160 valence electrons. The van der Waals surface area contributed by atoms with Crippen LogP contribution in [-0.4, -0.2) is 38.4 Å². The van der Waals surface area contributed by atoms with Crippen molar-refractivity contribution in [1.29, 1.82) is 0 Å². The number of hydrogen-bond donors (Lipinski definition) is 2. The number of amides is 1. The predicted molar refractivity (Wildman–Crippen MR) is 116 cm³/mol. The zero-order valence-corrected chi connectivity index (χ0v) is 17.1. The number of pyridine rings is 1. The summed E-state index contributed by atoms with van der Waals surface area (Å²) in [6.45, 7) is 0.747. The van der Waals surface area contributed by atoms with E-state index in [0.717, 1.165) is 16.9 Å². The number of phenols is 1. The third-order valence-electron chi connectivity index (χ3n) is 5.81. The zero-order chi connectivity index (χ0) is 22.2. The molecule has 2 aromatic carbocycles. The Morgan fingerprint density at radius 2 is 1.81 bits per heavy atom. The van der Waals surface area contributed by atoms with E-state index in [4.69, 9.17) is 4.74 Å². The molecule has 0 bridgehead atoms. The summed E-state index contributed by atoms with van der Waals surface area (Å²) in [7, 11) is 0. The number of aromatic hydroxyl groups is 1. The average Bonchev–Trinajstić information content (AvgIpc) is 3.38. The molecule has 0 spiro atoms. The number of aliphatic hydroxyl groups is 1. The van der Waals surface area contributed by atoms with Crippen LogP contribution in [0.25, 0.3) is 5.76 Å². The summed E-state index contributed by atoms with van der Waals surface area (Å²) < 4.78 is 5.53. The van der Waals surface area contributed by atoms with E-state index in [0.29, 0.717) is 24.2 Å². The number of Topliss-reactive ketones (excluding diaryl/α,β-unsaturated/α-hetero) is 1. The van der Waals surface area contributed by atoms with E-state index in [2.05, 4.69) is 4.98 Å². The van der Waals surface area contributed by atoms with E-state index < -0.39 is 17.7 Å². The van der Waals surface area contributed by atoms with E-state index in [1.807, 2.05) is 0 Å². The van der Waals surface area contributed by atoms with Crippen LogP contribution < -0.4 is 4.74 Å². The fraction of sp³-hybridized carbons (Fsp3) is 0.160. The number of phenolic OH excluding ortho intramolecular Hbond substituents is 1. The molecule has 0 saturated carbocycles. The van der Waals surface area contributed by atoms with Crippen molar-refractivity contribution in [3.63, 3.8) is 0 Å². The van der Waals surface area contributed by atoms with Gasteiger partial charge in [-0.1, -0.05) is 12.1 Å². The Labute approximate surface area is 184 Å². The van der Waals surface area contributed by atoms with E-state index in [9.17, 15) is 19.8 Å². The molecule has 1 atom stereocenters. The van der Waals surface area contributed by atoms with Crippen LogP contribution >= 0.6 is 0 Å². The molecular formula is C25H20N2O5. The van der Waals surface area contributed by atoms with Gasteiger partial charge in [-0.2, -0.15) is 0 Å². The molecule has 3 aromatic rings. The number of benzene rings is 2. The molecule has 7 heteroatoms. The third kappa shape index (κ3) is 3.37. The second-order valence-electron chi connectivity index (χ2n) is 7.79. The number of rotatable bonds is 4. The maximum atomic E-state index is 13.1. The largest absolute Gasteiger partial charge is 0.508 e. The van der Waals surface area contributed by atoms with Crippen LogP contribution in [0.5, 0.6) is 11.5 Å². The lowest BCUT2D eigenvalue weighted by molar-refractivity contribution is -0.140. The van der Waals surface area contributed by atoms with E-state index in [-0.39, 0.29) is 23.6 Å². The molecular weight excluding hydrogens is 408 g/mol. The number of likely N-dealkylation sites (tertiary alicyclic amines) is 1. The monoisotopic (exact) mass is 428 g/mol. The van der Waals surface area contributed by atoms with Gasteiger partial charge in [0, 0.05) is 30.9 Å². The summed E-state index contributed by atoms with van der Waals surface area (Å²) in [4.78, 5) is 31.6. The molecule has 1 saturated heterocycles. The molecule has 1 aromatic heterocycles. The molecule has 0 aliphatic carbocycles. The lowest BCUT2D eigenvalue weighted by atomic mass is 9.94. The van der Waals surface area contributed by atoms with Crippen LogP contribution in [0.3, 0.4) is 0 Å². The highest BCUT2D eigenvalue weighted by atomic mass is 16.5. The highest BCUT2D eigenvalue weighted by Gasteiger charge is 2.46. The second-order valence-corrected chi connectivity index (χ2v) is 7.79. The average molecular weight is 428 g/mol. The molecule has 1 amide bonds. The molecule has 3 heterocycles. The van der Waals surface area contributed by atoms with Gasteiger partial charge >= 0.3 is 0 Å². The number of ketones is 1. The first-order valence-corrected chi connectivity index (χ1v) is 10.3. The summed E-state index contributed by atoms with van der Waals surface area (Å²) >= 11 is 0. The van der Waals surface area contributed by atoms with Crippen molar-refractivity contribution in [2.45, 2.75) is 19.0 Å². The van der Waals surface area contributed by atoms with E-state index >= 15 is 0 Å². The lowest BCUT2D eigenvalue weighted by Crippen LogP contribution is -2.29. The minimum Gasteiger partial charge on any atom is -0.508 e. The summed E-state index contributed by atoms with van der Waals surface area (Å²) in [5.74, 6) is -0.834. The first-order valence-electron chi connectivity index (χ1n) is 10.3. The molecule has 1 unspecified atom stereocenters. The van der Waals surface area contributed by atoms with Gasteiger partial charge in [0.25, 0.3) is 11.7 Å².